The van der Waals surface area contributed by atoms with E-state index >= 15 is 0 Å². The molecule has 0 radical (unpaired) electrons. The number of hydrogen-bond acceptors (Lipinski definition) is 5. The molecular weight excluding hydrogens is 787 g/mol. The van der Waals surface area contributed by atoms with Crippen molar-refractivity contribution in [3.05, 3.63) is 188 Å². The number of benzene rings is 10. The van der Waals surface area contributed by atoms with Crippen molar-refractivity contribution in [3.8, 4) is 34.4 Å². The molecule has 0 fully saturated rings. The van der Waals surface area contributed by atoms with Gasteiger partial charge in [0.2, 0.25) is 5.95 Å². The molecule has 0 aliphatic rings. The molecule has 0 amide bonds. The molecule has 0 N–H and O–H groups in total. The molecule has 5 heterocycles. The Morgan fingerprint density at radius 2 is 0.906 bits per heavy atom. The molecule has 10 aromatic carbocycles. The van der Waals surface area contributed by atoms with Crippen LogP contribution >= 0.6 is 0 Å². The third-order valence-corrected chi connectivity index (χ3v) is 13.3. The molecule has 0 spiro atoms. The highest BCUT2D eigenvalue weighted by Crippen LogP contribution is 2.46. The fraction of sp³-hybridized carbons (Fsp3) is 0. The Morgan fingerprint density at radius 1 is 0.344 bits per heavy atom. The van der Waals surface area contributed by atoms with Gasteiger partial charge in [-0.25, -0.2) is 4.98 Å². The predicted molar refractivity (Wildman–Crippen MR) is 260 cm³/mol. The summed E-state index contributed by atoms with van der Waals surface area (Å²) < 4.78 is 18.0. The van der Waals surface area contributed by atoms with E-state index in [0.29, 0.717) is 17.6 Å². The minimum Gasteiger partial charge on any atom is -0.456 e. The molecule has 296 valence electrons. The Kier molecular flexibility index (Phi) is 6.56. The van der Waals surface area contributed by atoms with Gasteiger partial charge in [-0.1, -0.05) is 133 Å². The molecule has 15 aromatic rings. The molecule has 15 rings (SSSR count). The van der Waals surface area contributed by atoms with E-state index in [1.165, 1.54) is 16.2 Å². The number of fused-ring (bicyclic) bond motifs is 13. The normalized spacial score (nSPS) is 12.4. The van der Waals surface area contributed by atoms with Crippen molar-refractivity contribution in [2.45, 2.75) is 0 Å². The molecule has 0 saturated carbocycles. The number of para-hydroxylation sites is 4. The van der Waals surface area contributed by atoms with Gasteiger partial charge < -0.3 is 13.4 Å². The standard InChI is InChI=1S/C57H31N5O2/c1-2-13-33(14-3-1)61-45-21-9-6-17-36(45)42-28-29-43-37-18-7-10-22-46(37)62(53(43)52(42)61)57-59-55(32-25-26-39-38-19-8-11-23-47(38)63-49(39)31-32)58-56(60-57)44-30-27-41-35-16-5-4-15-34(35)40-20-12-24-48-50(40)51(41)54(44)64-48/h1-31H. The van der Waals surface area contributed by atoms with Crippen LogP contribution in [0.2, 0.25) is 0 Å². The van der Waals surface area contributed by atoms with Crippen LogP contribution in [0.5, 0.6) is 0 Å². The lowest BCUT2D eigenvalue weighted by molar-refractivity contribution is 0.668. The summed E-state index contributed by atoms with van der Waals surface area (Å²) in [6.07, 6.45) is 0. The van der Waals surface area contributed by atoms with Crippen LogP contribution in [0.15, 0.2) is 197 Å². The third kappa shape index (κ3) is 4.46. The lowest BCUT2D eigenvalue weighted by Gasteiger charge is -2.14. The van der Waals surface area contributed by atoms with Gasteiger partial charge in [0.1, 0.15) is 22.3 Å². The fourth-order valence-corrected chi connectivity index (χ4v) is 10.6. The molecule has 0 aliphatic carbocycles. The number of rotatable bonds is 4. The SMILES string of the molecule is c1ccc(-n2c3ccccc3c3ccc4c5ccccc5n(-c5nc(-c6ccc7c(c6)oc6ccccc67)nc(-c6ccc7c8ccccc8c8cccc9oc6c7c98)n5)c4c32)cc1. The average Bonchev–Trinajstić information content (AvgIpc) is 4.12. The summed E-state index contributed by atoms with van der Waals surface area (Å²) in [7, 11) is 0. The first-order chi connectivity index (χ1) is 31.7. The van der Waals surface area contributed by atoms with Crippen LogP contribution in [0.3, 0.4) is 0 Å². The number of nitrogens with zero attached hydrogens (tertiary/aromatic N) is 5. The van der Waals surface area contributed by atoms with E-state index in [1.54, 1.807) is 0 Å². The first-order valence-electron chi connectivity index (χ1n) is 21.5. The van der Waals surface area contributed by atoms with E-state index in [2.05, 4.69) is 179 Å². The van der Waals surface area contributed by atoms with Crippen LogP contribution in [-0.2, 0) is 0 Å². The second kappa shape index (κ2) is 12.4. The number of hydrogen-bond donors (Lipinski definition) is 0. The summed E-state index contributed by atoms with van der Waals surface area (Å²) in [5.41, 5.74) is 10.1. The summed E-state index contributed by atoms with van der Waals surface area (Å²) >= 11 is 0. The summed E-state index contributed by atoms with van der Waals surface area (Å²) in [6, 6.07) is 66.0. The predicted octanol–water partition coefficient (Wildman–Crippen LogP) is 14.9. The van der Waals surface area contributed by atoms with Gasteiger partial charge in [0, 0.05) is 54.3 Å². The Morgan fingerprint density at radius 3 is 1.69 bits per heavy atom. The minimum atomic E-state index is 0.500. The van der Waals surface area contributed by atoms with Crippen LogP contribution in [0.1, 0.15) is 0 Å². The topological polar surface area (TPSA) is 74.8 Å². The summed E-state index contributed by atoms with van der Waals surface area (Å²) in [5, 5.41) is 13.5. The quantitative estimate of drug-likeness (QED) is 0.165. The van der Waals surface area contributed by atoms with E-state index < -0.39 is 0 Å². The minimum absolute atomic E-state index is 0.500. The van der Waals surface area contributed by atoms with E-state index in [9.17, 15) is 0 Å². The van der Waals surface area contributed by atoms with Crippen molar-refractivity contribution in [2.75, 3.05) is 0 Å². The van der Waals surface area contributed by atoms with Crippen LogP contribution in [0.25, 0.3) is 143 Å². The fourth-order valence-electron chi connectivity index (χ4n) is 10.6. The van der Waals surface area contributed by atoms with Gasteiger partial charge in [0.15, 0.2) is 11.6 Å². The molecule has 7 nitrogen and oxygen atoms in total. The maximum atomic E-state index is 6.91. The smallest absolute Gasteiger partial charge is 0.238 e. The zero-order valence-corrected chi connectivity index (χ0v) is 34.0. The molecule has 0 bridgehead atoms. The van der Waals surface area contributed by atoms with Crippen molar-refractivity contribution in [1.82, 2.24) is 24.1 Å². The van der Waals surface area contributed by atoms with Crippen molar-refractivity contribution in [2.24, 2.45) is 0 Å². The van der Waals surface area contributed by atoms with Crippen LogP contribution < -0.4 is 0 Å². The van der Waals surface area contributed by atoms with Gasteiger partial charge in [0.05, 0.1) is 27.6 Å². The van der Waals surface area contributed by atoms with Gasteiger partial charge in [-0.15, -0.1) is 0 Å². The van der Waals surface area contributed by atoms with Gasteiger partial charge in [-0.05, 0) is 76.1 Å². The Hall–Kier alpha value is -8.81. The zero-order chi connectivity index (χ0) is 41.6. The van der Waals surface area contributed by atoms with Crippen molar-refractivity contribution >= 4 is 109 Å². The molecule has 0 saturated heterocycles. The highest BCUT2D eigenvalue weighted by molar-refractivity contribution is 6.34. The van der Waals surface area contributed by atoms with Gasteiger partial charge in [0.25, 0.3) is 0 Å². The van der Waals surface area contributed by atoms with Crippen LogP contribution in [-0.4, -0.2) is 24.1 Å². The largest absolute Gasteiger partial charge is 0.456 e. The third-order valence-electron chi connectivity index (χ3n) is 13.3. The first-order valence-corrected chi connectivity index (χ1v) is 21.5. The van der Waals surface area contributed by atoms with Crippen LogP contribution in [0, 0.1) is 0 Å². The van der Waals surface area contributed by atoms with Crippen molar-refractivity contribution in [3.63, 3.8) is 0 Å². The Bertz CT molecular complexity index is 4440. The van der Waals surface area contributed by atoms with E-state index in [1.807, 2.05) is 18.2 Å². The maximum absolute atomic E-state index is 6.91. The van der Waals surface area contributed by atoms with Gasteiger partial charge >= 0.3 is 0 Å². The van der Waals surface area contributed by atoms with Crippen molar-refractivity contribution in [1.29, 1.82) is 0 Å². The maximum Gasteiger partial charge on any atom is 0.238 e. The van der Waals surface area contributed by atoms with Crippen LogP contribution in [0.4, 0.5) is 0 Å². The second-order valence-electron chi connectivity index (χ2n) is 16.7. The zero-order valence-electron chi connectivity index (χ0n) is 34.0. The van der Waals surface area contributed by atoms with Crippen molar-refractivity contribution < 1.29 is 8.83 Å². The van der Waals surface area contributed by atoms with E-state index in [4.69, 9.17) is 23.8 Å². The Labute approximate surface area is 363 Å². The summed E-state index contributed by atoms with van der Waals surface area (Å²) in [4.78, 5) is 16.3. The highest BCUT2D eigenvalue weighted by Gasteiger charge is 2.26. The molecule has 0 aliphatic heterocycles. The van der Waals surface area contributed by atoms with Gasteiger partial charge in [-0.2, -0.15) is 9.97 Å². The molecular formula is C57H31N5O2. The monoisotopic (exact) mass is 817 g/mol. The number of aromatic nitrogens is 5. The average molecular weight is 818 g/mol. The first kappa shape index (κ1) is 33.9. The molecule has 7 heteroatoms. The van der Waals surface area contributed by atoms with Gasteiger partial charge in [-0.3, -0.25) is 4.57 Å². The molecule has 5 aromatic heterocycles. The molecule has 64 heavy (non-hydrogen) atoms. The molecule has 0 atom stereocenters. The number of furan rings is 2. The van der Waals surface area contributed by atoms with E-state index in [0.717, 1.165) is 110 Å². The lowest BCUT2D eigenvalue weighted by Crippen LogP contribution is -2.07. The van der Waals surface area contributed by atoms with E-state index in [-0.39, 0.29) is 0 Å². The summed E-state index contributed by atoms with van der Waals surface area (Å²) in [6.45, 7) is 0. The highest BCUT2D eigenvalue weighted by atomic mass is 16.3. The Balaban J connectivity index is 1.09. The molecule has 0 unspecified atom stereocenters. The second-order valence-corrected chi connectivity index (χ2v) is 16.7. The summed E-state index contributed by atoms with van der Waals surface area (Å²) in [5.74, 6) is 1.53. The lowest BCUT2D eigenvalue weighted by atomic mass is 9.93.